The van der Waals surface area contributed by atoms with Crippen LogP contribution in [0.25, 0.3) is 0 Å². The average Bonchev–Trinajstić information content (AvgIpc) is 1.62. The van der Waals surface area contributed by atoms with E-state index in [2.05, 4.69) is 0 Å². The van der Waals surface area contributed by atoms with Gasteiger partial charge >= 0.3 is 33.5 Å². The van der Waals surface area contributed by atoms with E-state index in [0.29, 0.717) is 0 Å². The summed E-state index contributed by atoms with van der Waals surface area (Å²) in [6.07, 6.45) is -13.4. The first-order valence-corrected chi connectivity index (χ1v) is 1.84. The van der Waals surface area contributed by atoms with Crippen molar-refractivity contribution in [1.82, 2.24) is 0 Å². The predicted molar refractivity (Wildman–Crippen MR) is 25.5 cm³/mol. The summed E-state index contributed by atoms with van der Waals surface area (Å²) in [5, 5.41) is 0. The molecule has 0 saturated heterocycles. The Labute approximate surface area is 72.7 Å². The van der Waals surface area contributed by atoms with E-state index in [1.165, 1.54) is 0 Å². The van der Waals surface area contributed by atoms with Gasteiger partial charge in [0.05, 0.1) is 0 Å². The third-order valence-corrected chi connectivity index (χ3v) is 0.534. The molecule has 10 heavy (non-hydrogen) atoms. The van der Waals surface area contributed by atoms with E-state index in [4.69, 9.17) is 0 Å². The topological polar surface area (TPSA) is 0 Å². The average molecular weight is 361 g/mol. The van der Waals surface area contributed by atoms with Crippen LogP contribution in [-0.4, -0.2) is 46.1 Å². The summed E-state index contributed by atoms with van der Waals surface area (Å²) >= 11 is 0. The molecule has 0 fully saturated rings. The SMILES string of the molecule is FC(F)C(F)C(F)(F)F.[PbH2]. The van der Waals surface area contributed by atoms with Gasteiger partial charge in [0.15, 0.2) is 0 Å². The molecule has 0 aliphatic carbocycles. The van der Waals surface area contributed by atoms with Crippen molar-refractivity contribution in [1.29, 1.82) is 0 Å². The first-order chi connectivity index (χ1) is 3.85. The van der Waals surface area contributed by atoms with Crippen LogP contribution in [0, 0.1) is 0 Å². The van der Waals surface area contributed by atoms with Crippen LogP contribution in [0.3, 0.4) is 0 Å². The molecule has 0 aliphatic heterocycles. The second-order valence-electron chi connectivity index (χ2n) is 1.28. The molecule has 0 saturated carbocycles. The maximum absolute atomic E-state index is 11.2. The second kappa shape index (κ2) is 4.39. The number of alkyl halides is 6. The van der Waals surface area contributed by atoms with Crippen molar-refractivity contribution in [2.24, 2.45) is 0 Å². The third-order valence-electron chi connectivity index (χ3n) is 0.534. The molecule has 0 aliphatic rings. The van der Waals surface area contributed by atoms with E-state index in [0.717, 1.165) is 0 Å². The van der Waals surface area contributed by atoms with Crippen molar-refractivity contribution < 1.29 is 26.3 Å². The van der Waals surface area contributed by atoms with Crippen LogP contribution in [0.2, 0.25) is 0 Å². The minimum absolute atomic E-state index is 0. The normalized spacial score (nSPS) is 14.7. The van der Waals surface area contributed by atoms with Crippen LogP contribution in [0.5, 0.6) is 0 Å². The van der Waals surface area contributed by atoms with Gasteiger partial charge in [-0.05, 0) is 0 Å². The van der Waals surface area contributed by atoms with Crippen molar-refractivity contribution >= 4 is 27.3 Å². The fourth-order valence-electron chi connectivity index (χ4n) is 0.143. The Hall–Kier alpha value is 0.502. The molecule has 0 bridgehead atoms. The summed E-state index contributed by atoms with van der Waals surface area (Å²) in [4.78, 5) is 0. The van der Waals surface area contributed by atoms with Crippen LogP contribution in [0.1, 0.15) is 0 Å². The molecule has 7 heteroatoms. The maximum atomic E-state index is 11.2. The molecule has 1 unspecified atom stereocenters. The van der Waals surface area contributed by atoms with Crippen molar-refractivity contribution in [2.45, 2.75) is 18.8 Å². The van der Waals surface area contributed by atoms with Gasteiger partial charge in [-0.3, -0.25) is 0 Å². The zero-order valence-electron chi connectivity index (χ0n) is 4.63. The van der Waals surface area contributed by atoms with Crippen LogP contribution in [0.4, 0.5) is 26.3 Å². The molecule has 0 rings (SSSR count). The van der Waals surface area contributed by atoms with Gasteiger partial charge in [0.1, 0.15) is 0 Å². The molecule has 1 atom stereocenters. The summed E-state index contributed by atoms with van der Waals surface area (Å²) in [5.41, 5.74) is 0. The summed E-state index contributed by atoms with van der Waals surface area (Å²) in [6, 6.07) is 0. The molecule has 0 spiro atoms. The molecule has 0 N–H and O–H groups in total. The van der Waals surface area contributed by atoms with Crippen molar-refractivity contribution in [3.8, 4) is 0 Å². The number of rotatable bonds is 1. The van der Waals surface area contributed by atoms with Crippen LogP contribution >= 0.6 is 0 Å². The first-order valence-electron chi connectivity index (χ1n) is 1.84. The van der Waals surface area contributed by atoms with Gasteiger partial charge in [-0.15, -0.1) is 0 Å². The standard InChI is InChI=1S/C3H2F6.Pb.2H/c4-1(2(5)6)3(7,8)9;;;/h1-2H;;;. The molecule has 0 nitrogen and oxygen atoms in total. The molecule has 0 aromatic rings. The van der Waals surface area contributed by atoms with Crippen LogP contribution in [-0.2, 0) is 0 Å². The summed E-state index contributed by atoms with van der Waals surface area (Å²) in [5.74, 6) is 0. The quantitative estimate of drug-likeness (QED) is 0.487. The zero-order valence-corrected chi connectivity index (χ0v) is 10.1. The van der Waals surface area contributed by atoms with Gasteiger partial charge in [-0.2, -0.15) is 13.2 Å². The number of hydrogen-bond donors (Lipinski definition) is 0. The van der Waals surface area contributed by atoms with Gasteiger partial charge in [0, 0.05) is 0 Å². The van der Waals surface area contributed by atoms with Gasteiger partial charge < -0.3 is 0 Å². The fourth-order valence-corrected chi connectivity index (χ4v) is 0.143. The van der Waals surface area contributed by atoms with Crippen molar-refractivity contribution in [3.05, 3.63) is 0 Å². The van der Waals surface area contributed by atoms with E-state index in [-0.39, 0.29) is 27.3 Å². The van der Waals surface area contributed by atoms with Gasteiger partial charge in [-0.1, -0.05) is 0 Å². The summed E-state index contributed by atoms with van der Waals surface area (Å²) in [7, 11) is 0. The summed E-state index contributed by atoms with van der Waals surface area (Å²) in [6.45, 7) is 0. The molecule has 0 heterocycles. The van der Waals surface area contributed by atoms with E-state index in [1.54, 1.807) is 0 Å². The molecule has 0 aromatic carbocycles. The minimum atomic E-state index is -5.44. The first kappa shape index (κ1) is 13.1. The van der Waals surface area contributed by atoms with E-state index in [9.17, 15) is 26.3 Å². The molecule has 0 aromatic heterocycles. The molecular formula is C3H4F6Pb. The molecular weight excluding hydrogens is 357 g/mol. The van der Waals surface area contributed by atoms with Gasteiger partial charge in [-0.25, -0.2) is 13.2 Å². The molecule has 0 amide bonds. The zero-order chi connectivity index (χ0) is 7.65. The monoisotopic (exact) mass is 362 g/mol. The van der Waals surface area contributed by atoms with Crippen LogP contribution < -0.4 is 0 Å². The second-order valence-corrected chi connectivity index (χ2v) is 1.28. The van der Waals surface area contributed by atoms with Gasteiger partial charge in [0.25, 0.3) is 12.6 Å². The Morgan fingerprint density at radius 1 is 0.900 bits per heavy atom. The fraction of sp³-hybridized carbons (Fsp3) is 1.00. The Morgan fingerprint density at radius 2 is 1.20 bits per heavy atom. The van der Waals surface area contributed by atoms with Gasteiger partial charge in [0.2, 0.25) is 0 Å². The molecule has 62 valence electrons. The van der Waals surface area contributed by atoms with E-state index < -0.39 is 18.8 Å². The van der Waals surface area contributed by atoms with Crippen molar-refractivity contribution in [3.63, 3.8) is 0 Å². The van der Waals surface area contributed by atoms with Crippen LogP contribution in [0.15, 0.2) is 0 Å². The van der Waals surface area contributed by atoms with E-state index in [1.807, 2.05) is 0 Å². The Balaban J connectivity index is 0. The molecule has 2 radical (unpaired) electrons. The third kappa shape index (κ3) is 4.34. The Bertz CT molecular complexity index is 87.5. The van der Waals surface area contributed by atoms with Crippen molar-refractivity contribution in [2.75, 3.05) is 0 Å². The Kier molecular flexibility index (Phi) is 5.76. The Morgan fingerprint density at radius 3 is 1.20 bits per heavy atom. The number of halogens is 6. The van der Waals surface area contributed by atoms with E-state index >= 15 is 0 Å². The summed E-state index contributed by atoms with van der Waals surface area (Å²) < 4.78 is 65.4. The predicted octanol–water partition coefficient (Wildman–Crippen LogP) is 1.24. The number of hydrogen-bond acceptors (Lipinski definition) is 0.